The van der Waals surface area contributed by atoms with Gasteiger partial charge in [-0.3, -0.25) is 0 Å². The maximum absolute atomic E-state index is 11.5. The van der Waals surface area contributed by atoms with E-state index in [1.807, 2.05) is 63.2 Å². The molecule has 98 valence electrons. The second-order valence-electron chi connectivity index (χ2n) is 5.68. The van der Waals surface area contributed by atoms with Crippen LogP contribution in [-0.4, -0.2) is 11.1 Å². The zero-order valence-corrected chi connectivity index (χ0v) is 11.5. The van der Waals surface area contributed by atoms with E-state index in [1.165, 1.54) is 0 Å². The first-order valence-electron chi connectivity index (χ1n) is 6.33. The molecule has 0 bridgehead atoms. The number of carbonyl (C=O) groups is 1. The Balaban J connectivity index is 2.58. The van der Waals surface area contributed by atoms with Crippen molar-refractivity contribution in [3.8, 4) is 11.1 Å². The van der Waals surface area contributed by atoms with Crippen LogP contribution in [0.1, 0.15) is 36.7 Å². The maximum Gasteiger partial charge on any atom is 0.336 e. The predicted octanol–water partition coefficient (Wildman–Crippen LogP) is 4.35. The van der Waals surface area contributed by atoms with Gasteiger partial charge in [0.15, 0.2) is 0 Å². The van der Waals surface area contributed by atoms with Crippen molar-refractivity contribution in [1.29, 1.82) is 0 Å². The van der Waals surface area contributed by atoms with Crippen LogP contribution in [0.5, 0.6) is 0 Å². The van der Waals surface area contributed by atoms with Crippen LogP contribution in [0, 0.1) is 0 Å². The average Bonchev–Trinajstić information content (AvgIpc) is 2.38. The molecule has 0 fully saturated rings. The monoisotopic (exact) mass is 254 g/mol. The molecule has 1 N–H and O–H groups in total. The maximum atomic E-state index is 11.5. The first kappa shape index (κ1) is 13.3. The summed E-state index contributed by atoms with van der Waals surface area (Å²) in [5.41, 5.74) is 3.04. The first-order valence-corrected chi connectivity index (χ1v) is 6.33. The van der Waals surface area contributed by atoms with Crippen molar-refractivity contribution >= 4 is 5.97 Å². The van der Waals surface area contributed by atoms with Gasteiger partial charge in [-0.05, 0) is 28.2 Å². The lowest BCUT2D eigenvalue weighted by Crippen LogP contribution is -2.16. The van der Waals surface area contributed by atoms with Crippen molar-refractivity contribution in [3.63, 3.8) is 0 Å². The summed E-state index contributed by atoms with van der Waals surface area (Å²) in [5.74, 6) is -0.872. The van der Waals surface area contributed by atoms with Crippen molar-refractivity contribution in [3.05, 3.63) is 59.7 Å². The van der Waals surface area contributed by atoms with Gasteiger partial charge in [0, 0.05) is 0 Å². The molecule has 0 aliphatic heterocycles. The number of hydrogen-bond acceptors (Lipinski definition) is 1. The fraction of sp³-hybridized carbons (Fsp3) is 0.235. The van der Waals surface area contributed by atoms with E-state index in [4.69, 9.17) is 0 Å². The Labute approximate surface area is 113 Å². The molecule has 2 rings (SSSR count). The van der Waals surface area contributed by atoms with Crippen LogP contribution in [0.25, 0.3) is 11.1 Å². The molecular weight excluding hydrogens is 236 g/mol. The highest BCUT2D eigenvalue weighted by Gasteiger charge is 2.21. The molecule has 2 aromatic rings. The van der Waals surface area contributed by atoms with Crippen LogP contribution in [-0.2, 0) is 5.41 Å². The normalized spacial score (nSPS) is 11.3. The molecule has 0 saturated carbocycles. The van der Waals surface area contributed by atoms with Gasteiger partial charge in [-0.15, -0.1) is 0 Å². The Morgan fingerprint density at radius 1 is 0.947 bits per heavy atom. The summed E-state index contributed by atoms with van der Waals surface area (Å²) in [4.78, 5) is 11.5. The minimum absolute atomic E-state index is 0.178. The van der Waals surface area contributed by atoms with Crippen LogP contribution < -0.4 is 0 Å². The van der Waals surface area contributed by atoms with Gasteiger partial charge in [-0.2, -0.15) is 0 Å². The molecule has 0 aromatic heterocycles. The van der Waals surface area contributed by atoms with Crippen LogP contribution in [0.2, 0.25) is 0 Å². The van der Waals surface area contributed by atoms with Gasteiger partial charge in [-0.25, -0.2) is 4.79 Å². The van der Waals surface area contributed by atoms with E-state index in [-0.39, 0.29) is 5.41 Å². The van der Waals surface area contributed by atoms with Gasteiger partial charge < -0.3 is 5.11 Å². The summed E-state index contributed by atoms with van der Waals surface area (Å²) in [7, 11) is 0. The molecule has 19 heavy (non-hydrogen) atoms. The molecule has 0 spiro atoms. The van der Waals surface area contributed by atoms with Gasteiger partial charge >= 0.3 is 5.97 Å². The molecule has 0 saturated heterocycles. The van der Waals surface area contributed by atoms with Crippen LogP contribution in [0.15, 0.2) is 48.5 Å². The van der Waals surface area contributed by atoms with Crippen molar-refractivity contribution < 1.29 is 9.90 Å². The Morgan fingerprint density at radius 2 is 1.58 bits per heavy atom. The van der Waals surface area contributed by atoms with E-state index in [0.717, 1.165) is 16.7 Å². The minimum Gasteiger partial charge on any atom is -0.478 e. The number of rotatable bonds is 2. The third-order valence-corrected chi connectivity index (χ3v) is 3.17. The lowest BCUT2D eigenvalue weighted by atomic mass is 9.82. The average molecular weight is 254 g/mol. The van der Waals surface area contributed by atoms with Crippen LogP contribution in [0.3, 0.4) is 0 Å². The highest BCUT2D eigenvalue weighted by Crippen LogP contribution is 2.30. The topological polar surface area (TPSA) is 37.3 Å². The minimum atomic E-state index is -0.872. The van der Waals surface area contributed by atoms with Crippen LogP contribution in [0.4, 0.5) is 0 Å². The molecule has 0 aliphatic carbocycles. The van der Waals surface area contributed by atoms with E-state index < -0.39 is 5.97 Å². The SMILES string of the molecule is CC(C)(C)c1ccc(-c2ccccc2)cc1C(=O)O. The second-order valence-corrected chi connectivity index (χ2v) is 5.68. The summed E-state index contributed by atoms with van der Waals surface area (Å²) in [6.07, 6.45) is 0. The standard InChI is InChI=1S/C17H18O2/c1-17(2,3)15-10-9-13(11-14(15)16(18)19)12-7-5-4-6-8-12/h4-11H,1-3H3,(H,18,19). The summed E-state index contributed by atoms with van der Waals surface area (Å²) in [6, 6.07) is 15.5. The summed E-state index contributed by atoms with van der Waals surface area (Å²) in [5, 5.41) is 9.40. The Hall–Kier alpha value is -2.09. The Morgan fingerprint density at radius 3 is 2.11 bits per heavy atom. The molecule has 0 radical (unpaired) electrons. The smallest absolute Gasteiger partial charge is 0.336 e. The third-order valence-electron chi connectivity index (χ3n) is 3.17. The highest BCUT2D eigenvalue weighted by molar-refractivity contribution is 5.91. The van der Waals surface area contributed by atoms with Gasteiger partial charge in [0.1, 0.15) is 0 Å². The van der Waals surface area contributed by atoms with E-state index in [0.29, 0.717) is 5.56 Å². The number of carboxylic acid groups (broad SMARTS) is 1. The van der Waals surface area contributed by atoms with Gasteiger partial charge in [0.05, 0.1) is 5.56 Å². The van der Waals surface area contributed by atoms with Crippen molar-refractivity contribution in [1.82, 2.24) is 0 Å². The Kier molecular flexibility index (Phi) is 3.43. The van der Waals surface area contributed by atoms with Crippen molar-refractivity contribution in [2.24, 2.45) is 0 Å². The van der Waals surface area contributed by atoms with E-state index in [9.17, 15) is 9.90 Å². The molecule has 2 heteroatoms. The molecular formula is C17H18O2. The zero-order valence-electron chi connectivity index (χ0n) is 11.5. The number of aromatic carboxylic acids is 1. The molecule has 0 aliphatic rings. The molecule has 0 heterocycles. The number of carboxylic acids is 1. The fourth-order valence-electron chi connectivity index (χ4n) is 2.19. The number of hydrogen-bond donors (Lipinski definition) is 1. The fourth-order valence-corrected chi connectivity index (χ4v) is 2.19. The van der Waals surface area contributed by atoms with Crippen LogP contribution >= 0.6 is 0 Å². The quantitative estimate of drug-likeness (QED) is 0.865. The van der Waals surface area contributed by atoms with E-state index in [2.05, 4.69) is 0 Å². The molecule has 2 nitrogen and oxygen atoms in total. The lowest BCUT2D eigenvalue weighted by Gasteiger charge is -2.22. The van der Waals surface area contributed by atoms with Gasteiger partial charge in [0.25, 0.3) is 0 Å². The summed E-state index contributed by atoms with van der Waals surface area (Å²) in [6.45, 7) is 6.07. The largest absolute Gasteiger partial charge is 0.478 e. The van der Waals surface area contributed by atoms with Crippen molar-refractivity contribution in [2.45, 2.75) is 26.2 Å². The molecule has 0 unspecified atom stereocenters. The third kappa shape index (κ3) is 2.84. The number of benzene rings is 2. The molecule has 0 amide bonds. The Bertz CT molecular complexity index is 592. The first-order chi connectivity index (χ1) is 8.89. The van der Waals surface area contributed by atoms with Gasteiger partial charge in [-0.1, -0.05) is 63.2 Å². The zero-order chi connectivity index (χ0) is 14.0. The predicted molar refractivity (Wildman–Crippen MR) is 77.5 cm³/mol. The van der Waals surface area contributed by atoms with Crippen molar-refractivity contribution in [2.75, 3.05) is 0 Å². The lowest BCUT2D eigenvalue weighted by molar-refractivity contribution is 0.0694. The highest BCUT2D eigenvalue weighted by atomic mass is 16.4. The summed E-state index contributed by atoms with van der Waals surface area (Å²) < 4.78 is 0. The molecule has 2 aromatic carbocycles. The van der Waals surface area contributed by atoms with Gasteiger partial charge in [0.2, 0.25) is 0 Å². The second kappa shape index (κ2) is 4.88. The molecule has 0 atom stereocenters. The van der Waals surface area contributed by atoms with E-state index >= 15 is 0 Å². The van der Waals surface area contributed by atoms with E-state index in [1.54, 1.807) is 6.07 Å². The summed E-state index contributed by atoms with van der Waals surface area (Å²) >= 11 is 0.